The van der Waals surface area contributed by atoms with E-state index in [-0.39, 0.29) is 18.4 Å². The monoisotopic (exact) mass is 286 g/mol. The highest BCUT2D eigenvalue weighted by atomic mass is 35.5. The summed E-state index contributed by atoms with van der Waals surface area (Å²) in [6.45, 7) is 2.86. The average Bonchev–Trinajstić information content (AvgIpc) is 2.38. The molecule has 0 spiro atoms. The Morgan fingerprint density at radius 1 is 1.42 bits per heavy atom. The Kier molecular flexibility index (Phi) is 5.72. The van der Waals surface area contributed by atoms with Crippen LogP contribution in [0.5, 0.6) is 0 Å². The normalized spacial score (nSPS) is 11.4. The molecule has 1 heterocycles. The van der Waals surface area contributed by atoms with Gasteiger partial charge < -0.3 is 15.5 Å². The van der Waals surface area contributed by atoms with E-state index >= 15 is 0 Å². The number of aryl methyl sites for hydroxylation is 1. The highest BCUT2D eigenvalue weighted by molar-refractivity contribution is 6.29. The third-order valence-corrected chi connectivity index (χ3v) is 2.92. The second kappa shape index (κ2) is 6.84. The number of aliphatic hydroxyl groups excluding tert-OH is 2. The molecule has 0 aliphatic carbocycles. The van der Waals surface area contributed by atoms with E-state index < -0.39 is 11.4 Å². The van der Waals surface area contributed by atoms with Crippen LogP contribution >= 0.6 is 11.6 Å². The molecular weight excluding hydrogens is 268 g/mol. The second-order valence-corrected chi connectivity index (χ2v) is 5.14. The van der Waals surface area contributed by atoms with Crippen molar-refractivity contribution in [1.82, 2.24) is 10.3 Å². The van der Waals surface area contributed by atoms with Crippen molar-refractivity contribution in [3.05, 3.63) is 28.5 Å². The fraction of sp³-hybridized carbons (Fsp3) is 0.538. The smallest absolute Gasteiger partial charge is 0.252 e. The Labute approximate surface area is 117 Å². The molecule has 1 rings (SSSR count). The van der Waals surface area contributed by atoms with Crippen molar-refractivity contribution in [1.29, 1.82) is 0 Å². The van der Waals surface area contributed by atoms with Crippen LogP contribution in [0.25, 0.3) is 0 Å². The topological polar surface area (TPSA) is 82.5 Å². The molecule has 3 N–H and O–H groups in total. The van der Waals surface area contributed by atoms with Gasteiger partial charge in [-0.05, 0) is 25.5 Å². The highest BCUT2D eigenvalue weighted by Gasteiger charge is 2.25. The molecule has 1 aromatic heterocycles. The van der Waals surface area contributed by atoms with Crippen molar-refractivity contribution < 1.29 is 15.0 Å². The molecule has 0 aliphatic heterocycles. The number of rotatable bonds is 6. The predicted octanol–water partition coefficient (Wildman–Crippen LogP) is 1.16. The molecule has 106 valence electrons. The van der Waals surface area contributed by atoms with Gasteiger partial charge in [0.05, 0.1) is 18.8 Å². The van der Waals surface area contributed by atoms with Crippen LogP contribution in [0.15, 0.2) is 12.1 Å². The van der Waals surface area contributed by atoms with E-state index in [1.54, 1.807) is 13.0 Å². The Bertz CT molecular complexity index is 448. The molecule has 5 nitrogen and oxygen atoms in total. The summed E-state index contributed by atoms with van der Waals surface area (Å²) < 4.78 is 0. The molecule has 0 bridgehead atoms. The first-order valence-electron chi connectivity index (χ1n) is 6.15. The fourth-order valence-corrected chi connectivity index (χ4v) is 1.77. The number of carbonyl (C=O) groups excluding carboxylic acids is 1. The maximum Gasteiger partial charge on any atom is 0.252 e. The Morgan fingerprint density at radius 3 is 2.58 bits per heavy atom. The van der Waals surface area contributed by atoms with Gasteiger partial charge in [0.1, 0.15) is 5.15 Å². The molecule has 0 fully saturated rings. The maximum absolute atomic E-state index is 12.1. The van der Waals surface area contributed by atoms with Crippen molar-refractivity contribution in [2.75, 3.05) is 13.2 Å². The summed E-state index contributed by atoms with van der Waals surface area (Å²) in [6.07, 6.45) is 1.64. The van der Waals surface area contributed by atoms with Crippen LogP contribution in [0.3, 0.4) is 0 Å². The lowest BCUT2D eigenvalue weighted by Crippen LogP contribution is -2.51. The number of nitrogens with one attached hydrogen (secondary N) is 1. The number of aromatic nitrogens is 1. The van der Waals surface area contributed by atoms with Crippen molar-refractivity contribution in [2.45, 2.75) is 32.2 Å². The molecule has 0 saturated carbocycles. The molecule has 19 heavy (non-hydrogen) atoms. The molecule has 6 heteroatoms. The molecule has 0 aliphatic rings. The summed E-state index contributed by atoms with van der Waals surface area (Å²) in [5.41, 5.74) is 0.0593. The van der Waals surface area contributed by atoms with E-state index in [1.165, 1.54) is 6.07 Å². The van der Waals surface area contributed by atoms with Crippen LogP contribution in [-0.4, -0.2) is 39.9 Å². The summed E-state index contributed by atoms with van der Waals surface area (Å²) in [7, 11) is 0. The largest absolute Gasteiger partial charge is 0.394 e. The first-order valence-corrected chi connectivity index (χ1v) is 6.52. The average molecular weight is 287 g/mol. The van der Waals surface area contributed by atoms with Gasteiger partial charge in [-0.25, -0.2) is 4.98 Å². The summed E-state index contributed by atoms with van der Waals surface area (Å²) in [5, 5.41) is 21.2. The van der Waals surface area contributed by atoms with Crippen LogP contribution in [-0.2, 0) is 6.42 Å². The lowest BCUT2D eigenvalue weighted by molar-refractivity contribution is 0.0723. The van der Waals surface area contributed by atoms with E-state index in [2.05, 4.69) is 10.3 Å². The summed E-state index contributed by atoms with van der Waals surface area (Å²) in [6, 6.07) is 3.13. The van der Waals surface area contributed by atoms with E-state index in [1.807, 2.05) is 6.92 Å². The Balaban J connectivity index is 2.93. The third kappa shape index (κ3) is 4.45. The number of amides is 1. The zero-order chi connectivity index (χ0) is 14.5. The van der Waals surface area contributed by atoms with Crippen molar-refractivity contribution >= 4 is 17.5 Å². The van der Waals surface area contributed by atoms with Gasteiger partial charge in [0, 0.05) is 11.3 Å². The number of carbonyl (C=O) groups is 1. The second-order valence-electron chi connectivity index (χ2n) is 4.75. The number of pyridine rings is 1. The lowest BCUT2D eigenvalue weighted by atomic mass is 10.0. The molecule has 1 aromatic rings. The van der Waals surface area contributed by atoms with Crippen molar-refractivity contribution in [2.24, 2.45) is 0 Å². The van der Waals surface area contributed by atoms with Gasteiger partial charge >= 0.3 is 0 Å². The molecule has 0 atom stereocenters. The Morgan fingerprint density at radius 2 is 2.05 bits per heavy atom. The van der Waals surface area contributed by atoms with Gasteiger partial charge in [0.15, 0.2) is 0 Å². The lowest BCUT2D eigenvalue weighted by Gasteiger charge is -2.26. The van der Waals surface area contributed by atoms with Gasteiger partial charge in [-0.1, -0.05) is 24.9 Å². The zero-order valence-electron chi connectivity index (χ0n) is 11.1. The first-order chi connectivity index (χ1) is 8.94. The standard InChI is InChI=1S/C13H19ClN2O3/c1-3-4-10-5-9(6-11(14)15-10)12(19)16-13(2,7-17)8-18/h5-6,17-18H,3-4,7-8H2,1-2H3,(H,16,19). The first kappa shape index (κ1) is 15.9. The molecule has 0 aromatic carbocycles. The fourth-order valence-electron chi connectivity index (χ4n) is 1.54. The van der Waals surface area contributed by atoms with E-state index in [0.717, 1.165) is 18.5 Å². The van der Waals surface area contributed by atoms with Crippen LogP contribution in [0.4, 0.5) is 0 Å². The van der Waals surface area contributed by atoms with Crippen LogP contribution in [0, 0.1) is 0 Å². The zero-order valence-corrected chi connectivity index (χ0v) is 11.9. The minimum absolute atomic E-state index is 0.255. The minimum Gasteiger partial charge on any atom is -0.394 e. The molecule has 0 unspecified atom stereocenters. The third-order valence-electron chi connectivity index (χ3n) is 2.73. The molecule has 1 amide bonds. The number of hydrogen-bond donors (Lipinski definition) is 3. The van der Waals surface area contributed by atoms with Gasteiger partial charge in [0.25, 0.3) is 5.91 Å². The van der Waals surface area contributed by atoms with Gasteiger partial charge in [-0.3, -0.25) is 4.79 Å². The number of aliphatic hydroxyl groups is 2. The number of hydrogen-bond acceptors (Lipinski definition) is 4. The van der Waals surface area contributed by atoms with Gasteiger partial charge in [0.2, 0.25) is 0 Å². The summed E-state index contributed by atoms with van der Waals surface area (Å²) in [5.74, 6) is -0.396. The maximum atomic E-state index is 12.1. The van der Waals surface area contributed by atoms with E-state index in [9.17, 15) is 4.79 Å². The minimum atomic E-state index is -1.06. The molecular formula is C13H19ClN2O3. The van der Waals surface area contributed by atoms with Crippen LogP contribution in [0.1, 0.15) is 36.3 Å². The summed E-state index contributed by atoms with van der Waals surface area (Å²) >= 11 is 5.88. The van der Waals surface area contributed by atoms with Gasteiger partial charge in [-0.15, -0.1) is 0 Å². The number of nitrogens with zero attached hydrogens (tertiary/aromatic N) is 1. The van der Waals surface area contributed by atoms with Crippen molar-refractivity contribution in [3.63, 3.8) is 0 Å². The Hall–Kier alpha value is -1.17. The van der Waals surface area contributed by atoms with Gasteiger partial charge in [-0.2, -0.15) is 0 Å². The summed E-state index contributed by atoms with van der Waals surface area (Å²) in [4.78, 5) is 16.2. The predicted molar refractivity (Wildman–Crippen MR) is 73.3 cm³/mol. The van der Waals surface area contributed by atoms with E-state index in [4.69, 9.17) is 21.8 Å². The van der Waals surface area contributed by atoms with E-state index in [0.29, 0.717) is 5.56 Å². The molecule has 0 radical (unpaired) electrons. The highest BCUT2D eigenvalue weighted by Crippen LogP contribution is 2.13. The van der Waals surface area contributed by atoms with Crippen molar-refractivity contribution in [3.8, 4) is 0 Å². The SMILES string of the molecule is CCCc1cc(C(=O)NC(C)(CO)CO)cc(Cl)n1. The quantitative estimate of drug-likeness (QED) is 0.686. The molecule has 0 saturated heterocycles. The number of halogens is 1. The van der Waals surface area contributed by atoms with Crippen LogP contribution in [0.2, 0.25) is 5.15 Å². The van der Waals surface area contributed by atoms with Crippen LogP contribution < -0.4 is 5.32 Å².